The summed E-state index contributed by atoms with van der Waals surface area (Å²) in [6, 6.07) is 8.21. The minimum absolute atomic E-state index is 0.0173. The lowest BCUT2D eigenvalue weighted by atomic mass is 10.2. The lowest BCUT2D eigenvalue weighted by Crippen LogP contribution is -2.27. The molecular formula is C17H16ClN3O5S2. The molecule has 3 aromatic rings. The van der Waals surface area contributed by atoms with E-state index in [1.54, 1.807) is 0 Å². The number of halogens is 1. The highest BCUT2D eigenvalue weighted by Crippen LogP contribution is 2.26. The van der Waals surface area contributed by atoms with Gasteiger partial charge in [0, 0.05) is 11.3 Å². The van der Waals surface area contributed by atoms with Gasteiger partial charge in [0.25, 0.3) is 5.56 Å². The fourth-order valence-corrected chi connectivity index (χ4v) is 4.40. The first kappa shape index (κ1) is 20.3. The zero-order chi connectivity index (χ0) is 20.7. The highest BCUT2D eigenvalue weighted by molar-refractivity contribution is 7.91. The Labute approximate surface area is 166 Å². The van der Waals surface area contributed by atoms with Gasteiger partial charge in [-0.2, -0.15) is 0 Å². The first-order chi connectivity index (χ1) is 13.0. The molecule has 28 heavy (non-hydrogen) atoms. The molecule has 1 heterocycles. The molecule has 11 heteroatoms. The van der Waals surface area contributed by atoms with E-state index in [0.29, 0.717) is 5.52 Å². The number of hydrogen-bond acceptors (Lipinski definition) is 7. The first-order valence-electron chi connectivity index (χ1n) is 8.04. The topological polar surface area (TPSA) is 115 Å². The molecule has 0 amide bonds. The predicted molar refractivity (Wildman–Crippen MR) is 107 cm³/mol. The molecule has 1 N–H and O–H groups in total. The summed E-state index contributed by atoms with van der Waals surface area (Å²) in [7, 11) is -7.09. The smallest absolute Gasteiger partial charge is 0.280 e. The molecule has 0 fully saturated rings. The fourth-order valence-electron chi connectivity index (χ4n) is 2.56. The molecule has 0 saturated heterocycles. The van der Waals surface area contributed by atoms with Gasteiger partial charge in [0.15, 0.2) is 19.7 Å². The summed E-state index contributed by atoms with van der Waals surface area (Å²) >= 11 is 5.98. The van der Waals surface area contributed by atoms with E-state index in [4.69, 9.17) is 11.6 Å². The number of benzene rings is 2. The summed E-state index contributed by atoms with van der Waals surface area (Å²) in [5, 5.41) is 0.346. The van der Waals surface area contributed by atoms with Gasteiger partial charge in [-0.25, -0.2) is 26.5 Å². The van der Waals surface area contributed by atoms with Crippen LogP contribution < -0.4 is 11.0 Å². The normalized spacial score (nSPS) is 12.2. The van der Waals surface area contributed by atoms with Crippen molar-refractivity contribution < 1.29 is 16.8 Å². The number of nitrogens with zero attached hydrogens (tertiary/aromatic N) is 2. The van der Waals surface area contributed by atoms with Crippen LogP contribution in [0.25, 0.3) is 10.9 Å². The van der Waals surface area contributed by atoms with Gasteiger partial charge < -0.3 is 0 Å². The molecule has 3 rings (SSSR count). The first-order valence-corrected chi connectivity index (χ1v) is 12.0. The van der Waals surface area contributed by atoms with Crippen molar-refractivity contribution in [2.24, 2.45) is 0 Å². The molecule has 2 aromatic carbocycles. The Hall–Kier alpha value is -2.43. The monoisotopic (exact) mass is 441 g/mol. The third-order valence-corrected chi connectivity index (χ3v) is 7.19. The van der Waals surface area contributed by atoms with Gasteiger partial charge in [-0.05, 0) is 36.4 Å². The average Bonchev–Trinajstić information content (AvgIpc) is 2.63. The van der Waals surface area contributed by atoms with Gasteiger partial charge in [-0.1, -0.05) is 18.5 Å². The van der Waals surface area contributed by atoms with Crippen molar-refractivity contribution in [3.05, 3.63) is 58.1 Å². The second-order valence-electron chi connectivity index (χ2n) is 6.03. The van der Waals surface area contributed by atoms with Crippen LogP contribution in [0.2, 0.25) is 5.02 Å². The standard InChI is InChI=1S/C17H16ClN3O5S2/c1-3-28(25,26)16-7-4-11(18)8-15(16)20-21-10-19-14-6-5-12(27(2,23)24)9-13(14)17(21)22/h4-10,20H,3H2,1-2H3. The van der Waals surface area contributed by atoms with Crippen LogP contribution >= 0.6 is 11.6 Å². The zero-order valence-corrected chi connectivity index (χ0v) is 17.3. The molecule has 0 spiro atoms. The second kappa shape index (κ2) is 7.19. The molecular weight excluding hydrogens is 426 g/mol. The summed E-state index contributed by atoms with van der Waals surface area (Å²) in [5.74, 6) is -0.133. The van der Waals surface area contributed by atoms with Crippen LogP contribution in [0, 0.1) is 0 Å². The Morgan fingerprint density at radius 1 is 1.11 bits per heavy atom. The Balaban J connectivity index is 2.18. The van der Waals surface area contributed by atoms with Gasteiger partial charge in [0.2, 0.25) is 0 Å². The van der Waals surface area contributed by atoms with E-state index >= 15 is 0 Å². The minimum Gasteiger partial charge on any atom is -0.289 e. The van der Waals surface area contributed by atoms with Crippen molar-refractivity contribution >= 4 is 47.9 Å². The number of fused-ring (bicyclic) bond motifs is 1. The summed E-state index contributed by atoms with van der Waals surface area (Å²) in [6.45, 7) is 1.50. The van der Waals surface area contributed by atoms with Crippen LogP contribution in [0.3, 0.4) is 0 Å². The van der Waals surface area contributed by atoms with Crippen molar-refractivity contribution in [3.63, 3.8) is 0 Å². The van der Waals surface area contributed by atoms with E-state index in [9.17, 15) is 21.6 Å². The molecule has 0 aliphatic heterocycles. The average molecular weight is 442 g/mol. The van der Waals surface area contributed by atoms with E-state index in [1.165, 1.54) is 49.6 Å². The van der Waals surface area contributed by atoms with Gasteiger partial charge >= 0.3 is 0 Å². The van der Waals surface area contributed by atoms with E-state index < -0.39 is 25.2 Å². The zero-order valence-electron chi connectivity index (χ0n) is 14.9. The number of anilines is 1. The Morgan fingerprint density at radius 3 is 2.46 bits per heavy atom. The van der Waals surface area contributed by atoms with Gasteiger partial charge in [0.05, 0.1) is 32.1 Å². The number of sulfone groups is 2. The third kappa shape index (κ3) is 3.89. The summed E-state index contributed by atoms with van der Waals surface area (Å²) in [6.07, 6.45) is 2.23. The van der Waals surface area contributed by atoms with Crippen LogP contribution in [0.5, 0.6) is 0 Å². The highest BCUT2D eigenvalue weighted by atomic mass is 35.5. The van der Waals surface area contributed by atoms with Gasteiger partial charge in [-0.3, -0.25) is 10.2 Å². The lowest BCUT2D eigenvalue weighted by molar-refractivity contribution is 0.596. The largest absolute Gasteiger partial charge is 0.289 e. The van der Waals surface area contributed by atoms with Crippen molar-refractivity contribution in [2.75, 3.05) is 17.4 Å². The molecule has 0 saturated carbocycles. The summed E-state index contributed by atoms with van der Waals surface area (Å²) in [4.78, 5) is 16.9. The molecule has 0 unspecified atom stereocenters. The molecule has 0 atom stereocenters. The molecule has 148 valence electrons. The Kier molecular flexibility index (Phi) is 5.22. The predicted octanol–water partition coefficient (Wildman–Crippen LogP) is 2.12. The van der Waals surface area contributed by atoms with E-state index in [0.717, 1.165) is 10.9 Å². The van der Waals surface area contributed by atoms with E-state index in [-0.39, 0.29) is 31.6 Å². The lowest BCUT2D eigenvalue weighted by Gasteiger charge is -2.14. The van der Waals surface area contributed by atoms with Crippen LogP contribution in [0.1, 0.15) is 6.92 Å². The number of nitrogens with one attached hydrogen (secondary N) is 1. The summed E-state index contributed by atoms with van der Waals surface area (Å²) < 4.78 is 49.2. The number of hydrogen-bond donors (Lipinski definition) is 1. The molecule has 1 aromatic heterocycles. The van der Waals surface area contributed by atoms with Crippen molar-refractivity contribution in [1.82, 2.24) is 9.66 Å². The molecule has 0 aliphatic carbocycles. The maximum atomic E-state index is 12.8. The van der Waals surface area contributed by atoms with Crippen LogP contribution in [0.15, 0.2) is 57.3 Å². The quantitative estimate of drug-likeness (QED) is 0.644. The van der Waals surface area contributed by atoms with E-state index in [1.807, 2.05) is 0 Å². The van der Waals surface area contributed by atoms with Crippen molar-refractivity contribution in [2.45, 2.75) is 16.7 Å². The molecule has 0 aliphatic rings. The van der Waals surface area contributed by atoms with Crippen LogP contribution in [-0.4, -0.2) is 38.5 Å². The van der Waals surface area contributed by atoms with Gasteiger partial charge in [-0.15, -0.1) is 0 Å². The van der Waals surface area contributed by atoms with Crippen LogP contribution in [0.4, 0.5) is 5.69 Å². The fraction of sp³-hybridized carbons (Fsp3) is 0.176. The minimum atomic E-state index is -3.58. The third-order valence-electron chi connectivity index (χ3n) is 4.06. The number of aromatic nitrogens is 2. The van der Waals surface area contributed by atoms with Crippen LogP contribution in [-0.2, 0) is 19.7 Å². The molecule has 0 radical (unpaired) electrons. The van der Waals surface area contributed by atoms with E-state index in [2.05, 4.69) is 10.4 Å². The van der Waals surface area contributed by atoms with Crippen molar-refractivity contribution in [1.29, 1.82) is 0 Å². The number of rotatable bonds is 5. The second-order valence-corrected chi connectivity index (χ2v) is 10.7. The van der Waals surface area contributed by atoms with Gasteiger partial charge in [0.1, 0.15) is 6.33 Å². The Morgan fingerprint density at radius 2 is 1.82 bits per heavy atom. The highest BCUT2D eigenvalue weighted by Gasteiger charge is 2.18. The van der Waals surface area contributed by atoms with Crippen molar-refractivity contribution in [3.8, 4) is 0 Å². The SMILES string of the molecule is CCS(=O)(=O)c1ccc(Cl)cc1Nn1cnc2ccc(S(C)(=O)=O)cc2c1=O. The molecule has 8 nitrogen and oxygen atoms in total. The summed E-state index contributed by atoms with van der Waals surface area (Å²) in [5.41, 5.74) is 2.53. The Bertz CT molecular complexity index is 1350. The maximum absolute atomic E-state index is 12.8. The maximum Gasteiger partial charge on any atom is 0.280 e. The molecule has 0 bridgehead atoms.